The summed E-state index contributed by atoms with van der Waals surface area (Å²) in [6.07, 6.45) is 0. The van der Waals surface area contributed by atoms with Crippen LogP contribution < -0.4 is 9.80 Å². The number of hydrogen-bond acceptors (Lipinski definition) is 2. The van der Waals surface area contributed by atoms with Gasteiger partial charge >= 0.3 is 0 Å². The van der Waals surface area contributed by atoms with Gasteiger partial charge in [-0.05, 0) is 138 Å². The summed E-state index contributed by atoms with van der Waals surface area (Å²) in [7, 11) is 0. The number of para-hydroxylation sites is 5. The molecule has 4 nitrogen and oxygen atoms in total. The maximum Gasteiger partial charge on any atom is 0.0547 e. The van der Waals surface area contributed by atoms with E-state index in [2.05, 4.69) is 298 Å². The normalized spacial score (nSPS) is 11.4. The predicted molar refractivity (Wildman–Crippen MR) is 295 cm³/mol. The first-order valence-electron chi connectivity index (χ1n) is 23.9. The molecule has 13 rings (SSSR count). The van der Waals surface area contributed by atoms with Crippen LogP contribution in [0.15, 0.2) is 279 Å². The van der Waals surface area contributed by atoms with E-state index in [1.54, 1.807) is 0 Å². The Morgan fingerprint density at radius 3 is 1.14 bits per heavy atom. The molecule has 0 unspecified atom stereocenters. The Kier molecular flexibility index (Phi) is 10.1. The highest BCUT2D eigenvalue weighted by Gasteiger charge is 2.21. The molecule has 13 aromatic rings. The van der Waals surface area contributed by atoms with Crippen molar-refractivity contribution in [2.45, 2.75) is 0 Å². The topological polar surface area (TPSA) is 16.3 Å². The number of rotatable bonds is 10. The lowest BCUT2D eigenvalue weighted by Gasteiger charge is -2.29. The van der Waals surface area contributed by atoms with Crippen LogP contribution in [0.2, 0.25) is 0 Å². The molecule has 0 aliphatic rings. The Morgan fingerprint density at radius 2 is 0.571 bits per heavy atom. The third-order valence-corrected chi connectivity index (χ3v) is 13.7. The third kappa shape index (κ3) is 7.18. The summed E-state index contributed by atoms with van der Waals surface area (Å²) in [4.78, 5) is 4.72. The van der Waals surface area contributed by atoms with Gasteiger partial charge in [0, 0.05) is 67.0 Å². The maximum absolute atomic E-state index is 2.43. The van der Waals surface area contributed by atoms with E-state index in [1.165, 1.54) is 49.3 Å². The number of hydrogen-bond donors (Lipinski definition) is 0. The van der Waals surface area contributed by atoms with Gasteiger partial charge in [-0.1, -0.05) is 164 Å². The molecule has 0 aliphatic heterocycles. The molecule has 330 valence electrons. The molecule has 0 atom stereocenters. The van der Waals surface area contributed by atoms with Crippen molar-refractivity contribution in [2.75, 3.05) is 9.80 Å². The summed E-state index contributed by atoms with van der Waals surface area (Å²) >= 11 is 0. The largest absolute Gasteiger partial charge is 0.310 e. The van der Waals surface area contributed by atoms with Crippen LogP contribution in [0.5, 0.6) is 0 Å². The van der Waals surface area contributed by atoms with Crippen molar-refractivity contribution in [2.24, 2.45) is 0 Å². The van der Waals surface area contributed by atoms with E-state index in [0.29, 0.717) is 0 Å². The molecule has 0 aliphatic carbocycles. The second-order valence-electron chi connectivity index (χ2n) is 17.8. The average Bonchev–Trinajstić information content (AvgIpc) is 3.94. The molecule has 2 heterocycles. The number of aromatic nitrogens is 2. The van der Waals surface area contributed by atoms with E-state index in [0.717, 1.165) is 62.1 Å². The lowest BCUT2D eigenvalue weighted by molar-refractivity contribution is 1.18. The first-order valence-corrected chi connectivity index (χ1v) is 23.9. The quantitative estimate of drug-likeness (QED) is 0.136. The minimum absolute atomic E-state index is 1.05. The van der Waals surface area contributed by atoms with Crippen LogP contribution in [0.1, 0.15) is 0 Å². The number of nitrogens with zero attached hydrogens (tertiary/aromatic N) is 4. The third-order valence-electron chi connectivity index (χ3n) is 13.7. The van der Waals surface area contributed by atoms with E-state index in [1.807, 2.05) is 0 Å². The SMILES string of the molecule is c1ccc(-c2ccc(N(c3cccc(N(c4ccccc4)c4ccccc4)c3)c3ccc4c(c3)c3ccc(-c5ccc6c7ccccc7n(-c7ccccc7)c6c5)cc3n4-c3ccccc3)cc2)cc1. The second-order valence-corrected chi connectivity index (χ2v) is 17.8. The van der Waals surface area contributed by atoms with Gasteiger partial charge in [-0.2, -0.15) is 0 Å². The van der Waals surface area contributed by atoms with Crippen molar-refractivity contribution < 1.29 is 0 Å². The zero-order chi connectivity index (χ0) is 46.4. The lowest BCUT2D eigenvalue weighted by atomic mass is 10.0. The highest BCUT2D eigenvalue weighted by Crippen LogP contribution is 2.44. The van der Waals surface area contributed by atoms with Crippen molar-refractivity contribution in [3.8, 4) is 33.6 Å². The molecule has 0 N–H and O–H groups in total. The van der Waals surface area contributed by atoms with Crippen LogP contribution >= 0.6 is 0 Å². The Balaban J connectivity index is 0.988. The van der Waals surface area contributed by atoms with Crippen LogP contribution in [0, 0.1) is 0 Å². The first-order chi connectivity index (χ1) is 34.7. The van der Waals surface area contributed by atoms with Gasteiger partial charge in [0.15, 0.2) is 0 Å². The van der Waals surface area contributed by atoms with Gasteiger partial charge in [0.1, 0.15) is 0 Å². The summed E-state index contributed by atoms with van der Waals surface area (Å²) in [6.45, 7) is 0. The minimum atomic E-state index is 1.05. The van der Waals surface area contributed by atoms with Gasteiger partial charge in [0.2, 0.25) is 0 Å². The Morgan fingerprint density at radius 1 is 0.200 bits per heavy atom. The fourth-order valence-electron chi connectivity index (χ4n) is 10.4. The summed E-state index contributed by atoms with van der Waals surface area (Å²) < 4.78 is 4.82. The van der Waals surface area contributed by atoms with Crippen molar-refractivity contribution in [3.05, 3.63) is 279 Å². The molecule has 0 bridgehead atoms. The lowest BCUT2D eigenvalue weighted by Crippen LogP contribution is -2.13. The predicted octanol–water partition coefficient (Wildman–Crippen LogP) is 18.2. The van der Waals surface area contributed by atoms with Gasteiger partial charge in [0.25, 0.3) is 0 Å². The van der Waals surface area contributed by atoms with Crippen molar-refractivity contribution in [1.82, 2.24) is 9.13 Å². The van der Waals surface area contributed by atoms with Crippen LogP contribution in [0.4, 0.5) is 34.1 Å². The van der Waals surface area contributed by atoms with Crippen molar-refractivity contribution in [1.29, 1.82) is 0 Å². The molecule has 70 heavy (non-hydrogen) atoms. The summed E-state index contributed by atoms with van der Waals surface area (Å²) in [5, 5.41) is 4.87. The van der Waals surface area contributed by atoms with E-state index < -0.39 is 0 Å². The molecule has 0 saturated heterocycles. The molecule has 0 amide bonds. The smallest absolute Gasteiger partial charge is 0.0547 e. The fourth-order valence-corrected chi connectivity index (χ4v) is 10.4. The average molecular weight is 895 g/mol. The zero-order valence-corrected chi connectivity index (χ0v) is 38.3. The van der Waals surface area contributed by atoms with Crippen LogP contribution in [-0.2, 0) is 0 Å². The number of benzene rings is 11. The Bertz CT molecular complexity index is 3930. The zero-order valence-electron chi connectivity index (χ0n) is 38.3. The summed E-state index contributed by atoms with van der Waals surface area (Å²) in [5.74, 6) is 0. The van der Waals surface area contributed by atoms with Gasteiger partial charge in [-0.25, -0.2) is 0 Å². The molecule has 11 aromatic carbocycles. The van der Waals surface area contributed by atoms with Gasteiger partial charge < -0.3 is 18.9 Å². The summed E-state index contributed by atoms with van der Waals surface area (Å²) in [6, 6.07) is 101. The van der Waals surface area contributed by atoms with Crippen molar-refractivity contribution >= 4 is 77.7 Å². The van der Waals surface area contributed by atoms with E-state index in [9.17, 15) is 0 Å². The number of fused-ring (bicyclic) bond motifs is 6. The molecule has 0 radical (unpaired) electrons. The monoisotopic (exact) mass is 894 g/mol. The molecule has 4 heteroatoms. The first kappa shape index (κ1) is 40.9. The van der Waals surface area contributed by atoms with Crippen LogP contribution in [0.3, 0.4) is 0 Å². The minimum Gasteiger partial charge on any atom is -0.310 e. The van der Waals surface area contributed by atoms with Gasteiger partial charge in [0.05, 0.1) is 22.1 Å². The second kappa shape index (κ2) is 17.4. The van der Waals surface area contributed by atoms with E-state index in [4.69, 9.17) is 0 Å². The highest BCUT2D eigenvalue weighted by atomic mass is 15.2. The Labute approximate surface area is 407 Å². The maximum atomic E-state index is 2.43. The number of anilines is 6. The van der Waals surface area contributed by atoms with Gasteiger partial charge in [-0.3, -0.25) is 0 Å². The molecule has 0 saturated carbocycles. The highest BCUT2D eigenvalue weighted by molar-refractivity contribution is 6.13. The molecule has 0 spiro atoms. The van der Waals surface area contributed by atoms with Crippen molar-refractivity contribution in [3.63, 3.8) is 0 Å². The Hall–Kier alpha value is -9.38. The van der Waals surface area contributed by atoms with Crippen LogP contribution in [-0.4, -0.2) is 9.13 Å². The van der Waals surface area contributed by atoms with E-state index in [-0.39, 0.29) is 0 Å². The standard InChI is InChI=1S/C66H46N4/c1-6-19-47(20-7-1)48-33-37-55(38-34-48)68(57-30-18-29-56(45-57)67(51-21-8-2-9-22-51)52-23-10-3-11-24-52)58-39-42-64-62(46-58)61-41-36-50(44-66(61)70(64)54-27-14-5-15-28-54)49-35-40-60-59-31-16-17-32-63(59)69(65(60)43-49)53-25-12-4-13-26-53/h1-46H. The molecular weight excluding hydrogens is 849 g/mol. The van der Waals surface area contributed by atoms with E-state index >= 15 is 0 Å². The summed E-state index contributed by atoms with van der Waals surface area (Å²) in [5.41, 5.74) is 18.1. The van der Waals surface area contributed by atoms with Gasteiger partial charge in [-0.15, -0.1) is 0 Å². The molecular formula is C66H46N4. The fraction of sp³-hybridized carbons (Fsp3) is 0. The molecule has 2 aromatic heterocycles. The molecule has 0 fully saturated rings. The van der Waals surface area contributed by atoms with Crippen LogP contribution in [0.25, 0.3) is 77.2 Å².